The van der Waals surface area contributed by atoms with Gasteiger partial charge in [-0.15, -0.1) is 0 Å². The van der Waals surface area contributed by atoms with Crippen molar-refractivity contribution in [1.29, 1.82) is 0 Å². The molecule has 4 bridgehead atoms. The second-order valence-corrected chi connectivity index (χ2v) is 9.35. The minimum Gasteiger partial charge on any atom is -0.467 e. The summed E-state index contributed by atoms with van der Waals surface area (Å²) < 4.78 is 25.4. The number of ether oxygens (including phenoxy) is 2. The lowest BCUT2D eigenvalue weighted by atomic mass is 9.45. The molecule has 4 rings (SSSR count). The molecule has 0 aromatic rings. The molecule has 4 aliphatic rings. The topological polar surface area (TPSA) is 84.9 Å². The van der Waals surface area contributed by atoms with Crippen molar-refractivity contribution in [3.63, 3.8) is 0 Å². The summed E-state index contributed by atoms with van der Waals surface area (Å²) in [5.41, 5.74) is -4.16. The van der Waals surface area contributed by atoms with Gasteiger partial charge in [0, 0.05) is 11.8 Å². The smallest absolute Gasteiger partial charge is 0.408 e. The number of hydrogen-bond donors (Lipinski definition) is 2. The van der Waals surface area contributed by atoms with Gasteiger partial charge in [-0.2, -0.15) is 0 Å². The van der Waals surface area contributed by atoms with Gasteiger partial charge < -0.3 is 19.9 Å². The van der Waals surface area contributed by atoms with Crippen molar-refractivity contribution in [2.75, 3.05) is 7.11 Å². The molecular weight excluding hydrogens is 329 g/mol. The van der Waals surface area contributed by atoms with Gasteiger partial charge in [0.15, 0.2) is 0 Å². The molecule has 2 N–H and O–H groups in total. The Balaban J connectivity index is 1.88. The van der Waals surface area contributed by atoms with Crippen LogP contribution in [0.3, 0.4) is 0 Å². The molecule has 6 nitrogen and oxygen atoms in total. The first-order valence-electron chi connectivity index (χ1n) is 8.86. The predicted molar refractivity (Wildman–Crippen MR) is 87.6 cm³/mol. The summed E-state index contributed by atoms with van der Waals surface area (Å²) in [6.07, 6.45) is 1.37. The van der Waals surface area contributed by atoms with Gasteiger partial charge in [0.2, 0.25) is 0 Å². The number of carbonyl (C=O) groups is 2. The van der Waals surface area contributed by atoms with Crippen molar-refractivity contribution in [2.24, 2.45) is 11.3 Å². The van der Waals surface area contributed by atoms with Crippen molar-refractivity contribution in [1.82, 2.24) is 5.32 Å². The van der Waals surface area contributed by atoms with E-state index < -0.39 is 40.4 Å². The first-order valence-corrected chi connectivity index (χ1v) is 8.86. The summed E-state index contributed by atoms with van der Waals surface area (Å²) in [5.74, 6) is -0.612. The second kappa shape index (κ2) is 5.56. The van der Waals surface area contributed by atoms with E-state index in [1.165, 1.54) is 7.11 Å². The molecule has 0 radical (unpaired) electrons. The Bertz CT molecular complexity index is 569. The molecule has 5 atom stereocenters. The summed E-state index contributed by atoms with van der Waals surface area (Å²) in [6, 6.07) is -1.03. The highest BCUT2D eigenvalue weighted by Gasteiger charge is 2.67. The van der Waals surface area contributed by atoms with E-state index >= 15 is 4.39 Å². The highest BCUT2D eigenvalue weighted by atomic mass is 19.1. The van der Waals surface area contributed by atoms with Crippen molar-refractivity contribution in [3.05, 3.63) is 0 Å². The zero-order valence-electron chi connectivity index (χ0n) is 15.4. The van der Waals surface area contributed by atoms with Crippen LogP contribution in [0.2, 0.25) is 0 Å². The lowest BCUT2D eigenvalue weighted by Crippen LogP contribution is -2.68. The average Bonchev–Trinajstić information content (AvgIpc) is 2.37. The van der Waals surface area contributed by atoms with E-state index in [-0.39, 0.29) is 25.2 Å². The van der Waals surface area contributed by atoms with E-state index in [2.05, 4.69) is 5.32 Å². The minimum absolute atomic E-state index is 0.0128. The van der Waals surface area contributed by atoms with Crippen molar-refractivity contribution < 1.29 is 28.6 Å². The molecule has 4 unspecified atom stereocenters. The molecule has 1 amide bonds. The van der Waals surface area contributed by atoms with Crippen molar-refractivity contribution >= 4 is 12.1 Å². The number of amides is 1. The number of alkyl halides is 1. The van der Waals surface area contributed by atoms with E-state index in [1.807, 2.05) is 0 Å². The number of carbonyl (C=O) groups excluding carboxylic acids is 2. The van der Waals surface area contributed by atoms with E-state index in [9.17, 15) is 14.7 Å². The minimum atomic E-state index is -1.49. The highest BCUT2D eigenvalue weighted by Crippen LogP contribution is 2.65. The molecule has 4 aliphatic carbocycles. The highest BCUT2D eigenvalue weighted by molar-refractivity contribution is 5.82. The second-order valence-electron chi connectivity index (χ2n) is 9.35. The zero-order chi connectivity index (χ0) is 18.7. The number of halogens is 1. The molecule has 0 saturated heterocycles. The number of hydrogen-bond acceptors (Lipinski definition) is 5. The molecule has 0 spiro atoms. The molecule has 25 heavy (non-hydrogen) atoms. The van der Waals surface area contributed by atoms with E-state index in [4.69, 9.17) is 9.47 Å². The zero-order valence-corrected chi connectivity index (χ0v) is 15.4. The van der Waals surface area contributed by atoms with Gasteiger partial charge >= 0.3 is 12.1 Å². The molecular formula is C18H28FNO5. The lowest BCUT2D eigenvalue weighted by molar-refractivity contribution is -0.215. The predicted octanol–water partition coefficient (Wildman–Crippen LogP) is 2.48. The maximum Gasteiger partial charge on any atom is 0.408 e. The first kappa shape index (κ1) is 18.4. The normalized spacial score (nSPS) is 40.5. The van der Waals surface area contributed by atoms with Crippen LogP contribution in [-0.4, -0.2) is 47.2 Å². The van der Waals surface area contributed by atoms with Gasteiger partial charge in [0.05, 0.1) is 12.7 Å². The summed E-state index contributed by atoms with van der Waals surface area (Å²) >= 11 is 0. The van der Waals surface area contributed by atoms with Crippen LogP contribution in [0.1, 0.15) is 59.3 Å². The van der Waals surface area contributed by atoms with Gasteiger partial charge in [-0.3, -0.25) is 0 Å². The van der Waals surface area contributed by atoms with Crippen LogP contribution in [0.15, 0.2) is 0 Å². The van der Waals surface area contributed by atoms with Crippen molar-refractivity contribution in [2.45, 2.75) is 82.2 Å². The number of aliphatic hydroxyl groups is 1. The van der Waals surface area contributed by atoms with Gasteiger partial charge in [-0.25, -0.2) is 14.0 Å². The molecule has 0 heterocycles. The Morgan fingerprint density at radius 2 is 1.88 bits per heavy atom. The Morgan fingerprint density at radius 3 is 2.40 bits per heavy atom. The average molecular weight is 357 g/mol. The third-order valence-corrected chi connectivity index (χ3v) is 5.72. The summed E-state index contributed by atoms with van der Waals surface area (Å²) in [5, 5.41) is 13.4. The number of methoxy groups -OCH3 is 1. The lowest BCUT2D eigenvalue weighted by Gasteiger charge is -2.63. The third kappa shape index (κ3) is 3.48. The summed E-state index contributed by atoms with van der Waals surface area (Å²) in [7, 11) is 1.24. The first-order chi connectivity index (χ1) is 11.4. The van der Waals surface area contributed by atoms with Gasteiger partial charge in [-0.05, 0) is 58.8 Å². The van der Waals surface area contributed by atoms with Crippen LogP contribution >= 0.6 is 0 Å². The Hall–Kier alpha value is -1.37. The fourth-order valence-electron chi connectivity index (χ4n) is 5.67. The molecule has 7 heteroatoms. The van der Waals surface area contributed by atoms with Gasteiger partial charge in [0.25, 0.3) is 0 Å². The van der Waals surface area contributed by atoms with Crippen LogP contribution < -0.4 is 5.32 Å². The van der Waals surface area contributed by atoms with Crippen LogP contribution in [0.4, 0.5) is 9.18 Å². The summed E-state index contributed by atoms with van der Waals surface area (Å²) in [6.45, 7) is 5.18. The molecule has 0 aromatic carbocycles. The molecule has 4 fully saturated rings. The Morgan fingerprint density at radius 1 is 1.20 bits per heavy atom. The fraction of sp³-hybridized carbons (Fsp3) is 0.889. The summed E-state index contributed by atoms with van der Waals surface area (Å²) in [4.78, 5) is 24.7. The molecule has 0 aliphatic heterocycles. The molecule has 0 aromatic heterocycles. The fourth-order valence-corrected chi connectivity index (χ4v) is 5.67. The van der Waals surface area contributed by atoms with E-state index in [0.29, 0.717) is 19.3 Å². The van der Waals surface area contributed by atoms with E-state index in [0.717, 1.165) is 0 Å². The van der Waals surface area contributed by atoms with Crippen LogP contribution in [-0.2, 0) is 14.3 Å². The number of alkyl carbamates (subject to hydrolysis) is 1. The quantitative estimate of drug-likeness (QED) is 0.758. The Labute approximate surface area is 147 Å². The van der Waals surface area contributed by atoms with Crippen molar-refractivity contribution in [3.8, 4) is 0 Å². The monoisotopic (exact) mass is 357 g/mol. The standard InChI is InChI=1S/C18H28FNO5/c1-15(2,3)25-14(22)20-12(13(21)24-4)16-5-11-6-17(19,8-16)10-18(23,7-11)9-16/h11-12,23H,5-10H2,1-4H3,(H,20,22)/t11?,12-,16?,17?,18?/m1/s1. The maximum absolute atomic E-state index is 15.3. The van der Waals surface area contributed by atoms with Gasteiger partial charge in [0.1, 0.15) is 17.3 Å². The molecule has 142 valence electrons. The third-order valence-electron chi connectivity index (χ3n) is 5.72. The SMILES string of the molecule is COC(=O)[C@@H](NC(=O)OC(C)(C)C)C12CC3CC(O)(CC(F)(C3)C1)C2. The maximum atomic E-state index is 15.3. The number of rotatable bonds is 3. The number of esters is 1. The number of nitrogens with one attached hydrogen (secondary N) is 1. The van der Waals surface area contributed by atoms with Crippen LogP contribution in [0.5, 0.6) is 0 Å². The Kier molecular flexibility index (Phi) is 4.10. The molecule has 4 saturated carbocycles. The van der Waals surface area contributed by atoms with E-state index in [1.54, 1.807) is 20.8 Å². The van der Waals surface area contributed by atoms with Crippen LogP contribution in [0.25, 0.3) is 0 Å². The van der Waals surface area contributed by atoms with Crippen LogP contribution in [0, 0.1) is 11.3 Å². The largest absolute Gasteiger partial charge is 0.467 e. The van der Waals surface area contributed by atoms with Gasteiger partial charge in [-0.1, -0.05) is 0 Å².